The van der Waals surface area contributed by atoms with E-state index in [-0.39, 0.29) is 12.5 Å². The minimum atomic E-state index is -0.283. The van der Waals surface area contributed by atoms with Gasteiger partial charge in [0.1, 0.15) is 5.76 Å². The predicted molar refractivity (Wildman–Crippen MR) is 84.5 cm³/mol. The van der Waals surface area contributed by atoms with Gasteiger partial charge < -0.3 is 9.26 Å². The van der Waals surface area contributed by atoms with Gasteiger partial charge in [0.05, 0.1) is 10.2 Å². The molecule has 22 heavy (non-hydrogen) atoms. The molecule has 1 aromatic carbocycles. The molecule has 3 aromatic rings. The summed E-state index contributed by atoms with van der Waals surface area (Å²) >= 11 is 1.45. The summed E-state index contributed by atoms with van der Waals surface area (Å²) in [5, 5.41) is 6.96. The second-order valence-electron chi connectivity index (χ2n) is 5.06. The second-order valence-corrected chi connectivity index (χ2v) is 6.09. The Bertz CT molecular complexity index is 838. The van der Waals surface area contributed by atoms with Gasteiger partial charge in [-0.1, -0.05) is 17.4 Å². The van der Waals surface area contributed by atoms with Crippen molar-refractivity contribution in [3.63, 3.8) is 0 Å². The van der Waals surface area contributed by atoms with Crippen molar-refractivity contribution in [3.05, 3.63) is 35.1 Å². The third-order valence-corrected chi connectivity index (χ3v) is 3.95. The first-order valence-electron chi connectivity index (χ1n) is 6.75. The normalized spacial score (nSPS) is 10.9. The lowest BCUT2D eigenvalue weighted by Gasteiger charge is -2.01. The summed E-state index contributed by atoms with van der Waals surface area (Å²) in [7, 11) is 0. The van der Waals surface area contributed by atoms with E-state index in [9.17, 15) is 4.79 Å². The smallest absolute Gasteiger partial charge is 0.264 e. The molecule has 0 aliphatic carbocycles. The SMILES string of the molecule is Cc1cc(C)c2nc(NC(=O)COc3cc(C)on3)sc2c1. The molecule has 0 spiro atoms. The molecule has 0 unspecified atom stereocenters. The third kappa shape index (κ3) is 3.09. The largest absolute Gasteiger partial charge is 0.465 e. The summed E-state index contributed by atoms with van der Waals surface area (Å²) in [6.07, 6.45) is 0. The standard InChI is InChI=1S/C15H15N3O3S/c1-8-4-9(2)14-11(5-8)22-15(17-14)16-12(19)7-20-13-6-10(3)21-18-13/h4-6H,7H2,1-3H3,(H,16,17,19). The van der Waals surface area contributed by atoms with Crippen molar-refractivity contribution in [1.29, 1.82) is 0 Å². The van der Waals surface area contributed by atoms with Crippen LogP contribution in [0.5, 0.6) is 5.88 Å². The van der Waals surface area contributed by atoms with E-state index in [1.807, 2.05) is 13.8 Å². The van der Waals surface area contributed by atoms with Gasteiger partial charge in [-0.2, -0.15) is 0 Å². The van der Waals surface area contributed by atoms with E-state index >= 15 is 0 Å². The van der Waals surface area contributed by atoms with Gasteiger partial charge >= 0.3 is 0 Å². The number of fused-ring (bicyclic) bond motifs is 1. The number of thiazole rings is 1. The van der Waals surface area contributed by atoms with Crippen molar-refractivity contribution in [1.82, 2.24) is 10.1 Å². The number of rotatable bonds is 4. The van der Waals surface area contributed by atoms with Crippen molar-refractivity contribution in [2.45, 2.75) is 20.8 Å². The highest BCUT2D eigenvalue weighted by atomic mass is 32.1. The van der Waals surface area contributed by atoms with Crippen molar-refractivity contribution in [2.24, 2.45) is 0 Å². The van der Waals surface area contributed by atoms with E-state index in [0.717, 1.165) is 15.8 Å². The van der Waals surface area contributed by atoms with Crippen LogP contribution in [-0.4, -0.2) is 22.7 Å². The maximum Gasteiger partial charge on any atom is 0.264 e. The maximum absolute atomic E-state index is 11.9. The second kappa shape index (κ2) is 5.76. The zero-order valence-corrected chi connectivity index (χ0v) is 13.3. The fourth-order valence-corrected chi connectivity index (χ4v) is 3.19. The zero-order chi connectivity index (χ0) is 15.7. The minimum Gasteiger partial charge on any atom is -0.465 e. The summed E-state index contributed by atoms with van der Waals surface area (Å²) in [5.41, 5.74) is 3.19. The monoisotopic (exact) mass is 317 g/mol. The molecule has 0 atom stereocenters. The highest BCUT2D eigenvalue weighted by Crippen LogP contribution is 2.29. The Labute approximate surface area is 131 Å². The highest BCUT2D eigenvalue weighted by Gasteiger charge is 2.11. The number of ether oxygens (including phenoxy) is 1. The molecule has 0 saturated heterocycles. The van der Waals surface area contributed by atoms with Gasteiger partial charge in [0.25, 0.3) is 11.8 Å². The fraction of sp³-hybridized carbons (Fsp3) is 0.267. The van der Waals surface area contributed by atoms with Crippen LogP contribution < -0.4 is 10.1 Å². The van der Waals surface area contributed by atoms with Gasteiger partial charge in [-0.15, -0.1) is 0 Å². The van der Waals surface area contributed by atoms with Gasteiger partial charge in [-0.3, -0.25) is 10.1 Å². The lowest BCUT2D eigenvalue weighted by molar-refractivity contribution is -0.118. The lowest BCUT2D eigenvalue weighted by atomic mass is 10.1. The van der Waals surface area contributed by atoms with E-state index in [4.69, 9.17) is 9.26 Å². The number of benzene rings is 1. The van der Waals surface area contributed by atoms with Crippen LogP contribution >= 0.6 is 11.3 Å². The van der Waals surface area contributed by atoms with Crippen LogP contribution in [0.15, 0.2) is 22.7 Å². The van der Waals surface area contributed by atoms with Crippen molar-refractivity contribution in [2.75, 3.05) is 11.9 Å². The van der Waals surface area contributed by atoms with Crippen LogP contribution in [0, 0.1) is 20.8 Å². The summed E-state index contributed by atoms with van der Waals surface area (Å²) in [6, 6.07) is 5.76. The Morgan fingerprint density at radius 2 is 2.14 bits per heavy atom. The number of aryl methyl sites for hydroxylation is 3. The highest BCUT2D eigenvalue weighted by molar-refractivity contribution is 7.22. The van der Waals surface area contributed by atoms with E-state index in [0.29, 0.717) is 16.8 Å². The topological polar surface area (TPSA) is 77.2 Å². The number of carbonyl (C=O) groups excluding carboxylic acids is 1. The molecule has 0 aliphatic heterocycles. The molecule has 7 heteroatoms. The van der Waals surface area contributed by atoms with E-state index in [1.54, 1.807) is 13.0 Å². The van der Waals surface area contributed by atoms with Gasteiger partial charge in [-0.05, 0) is 43.1 Å². The van der Waals surface area contributed by atoms with Crippen molar-refractivity contribution >= 4 is 32.6 Å². The van der Waals surface area contributed by atoms with Gasteiger partial charge in [0, 0.05) is 6.07 Å². The van der Waals surface area contributed by atoms with Crippen LogP contribution in [-0.2, 0) is 4.79 Å². The summed E-state index contributed by atoms with van der Waals surface area (Å²) in [4.78, 5) is 16.3. The zero-order valence-electron chi connectivity index (χ0n) is 12.5. The molecule has 0 fully saturated rings. The van der Waals surface area contributed by atoms with Gasteiger partial charge in [0.15, 0.2) is 11.7 Å². The molecule has 1 amide bonds. The average Bonchev–Trinajstić information content (AvgIpc) is 3.02. The molecule has 2 heterocycles. The first kappa shape index (κ1) is 14.5. The average molecular weight is 317 g/mol. The number of aromatic nitrogens is 2. The number of nitrogens with one attached hydrogen (secondary N) is 1. The molecule has 3 rings (SSSR count). The number of anilines is 1. The number of nitrogens with zero attached hydrogens (tertiary/aromatic N) is 2. The Morgan fingerprint density at radius 3 is 2.86 bits per heavy atom. The third-order valence-electron chi connectivity index (χ3n) is 3.03. The quantitative estimate of drug-likeness (QED) is 0.799. The molecule has 0 aliphatic rings. The summed E-state index contributed by atoms with van der Waals surface area (Å²) < 4.78 is 11.2. The van der Waals surface area contributed by atoms with Crippen LogP contribution in [0.3, 0.4) is 0 Å². The molecule has 0 bridgehead atoms. The van der Waals surface area contributed by atoms with Crippen LogP contribution in [0.4, 0.5) is 5.13 Å². The van der Waals surface area contributed by atoms with E-state index in [2.05, 4.69) is 27.6 Å². The molecule has 6 nitrogen and oxygen atoms in total. The minimum absolute atomic E-state index is 0.139. The lowest BCUT2D eigenvalue weighted by Crippen LogP contribution is -2.20. The molecule has 0 saturated carbocycles. The first-order valence-corrected chi connectivity index (χ1v) is 7.56. The number of carbonyl (C=O) groups is 1. The fourth-order valence-electron chi connectivity index (χ4n) is 2.13. The van der Waals surface area contributed by atoms with Gasteiger partial charge in [-0.25, -0.2) is 4.98 Å². The van der Waals surface area contributed by atoms with Crippen LogP contribution in [0.2, 0.25) is 0 Å². The van der Waals surface area contributed by atoms with Crippen LogP contribution in [0.25, 0.3) is 10.2 Å². The van der Waals surface area contributed by atoms with Crippen molar-refractivity contribution < 1.29 is 14.1 Å². The molecule has 0 radical (unpaired) electrons. The number of hydrogen-bond donors (Lipinski definition) is 1. The Hall–Kier alpha value is -2.41. The maximum atomic E-state index is 11.9. The van der Waals surface area contributed by atoms with E-state index in [1.165, 1.54) is 16.9 Å². The molecular weight excluding hydrogens is 302 g/mol. The predicted octanol–water partition coefficient (Wildman–Crippen LogP) is 3.23. The Kier molecular flexibility index (Phi) is 3.81. The van der Waals surface area contributed by atoms with Crippen LogP contribution in [0.1, 0.15) is 16.9 Å². The molecule has 114 valence electrons. The molecular formula is C15H15N3O3S. The molecule has 1 N–H and O–H groups in total. The molecule has 2 aromatic heterocycles. The van der Waals surface area contributed by atoms with Crippen molar-refractivity contribution in [3.8, 4) is 5.88 Å². The first-order chi connectivity index (χ1) is 10.5. The van der Waals surface area contributed by atoms with E-state index < -0.39 is 0 Å². The number of amides is 1. The van der Waals surface area contributed by atoms with Gasteiger partial charge in [0.2, 0.25) is 0 Å². The Balaban J connectivity index is 1.67. The summed E-state index contributed by atoms with van der Waals surface area (Å²) in [5.74, 6) is 0.643. The Morgan fingerprint density at radius 1 is 1.32 bits per heavy atom. The summed E-state index contributed by atoms with van der Waals surface area (Å²) in [6.45, 7) is 5.67. The number of hydrogen-bond acceptors (Lipinski definition) is 6.